The highest BCUT2D eigenvalue weighted by atomic mass is 15.2. The van der Waals surface area contributed by atoms with Crippen molar-refractivity contribution in [1.82, 2.24) is 10.2 Å². The van der Waals surface area contributed by atoms with Crippen LogP contribution >= 0.6 is 0 Å². The Hall–Kier alpha value is -0.0800. The molecule has 3 fully saturated rings. The van der Waals surface area contributed by atoms with Crippen molar-refractivity contribution in [3.63, 3.8) is 0 Å². The summed E-state index contributed by atoms with van der Waals surface area (Å²) in [7, 11) is 0. The van der Waals surface area contributed by atoms with Crippen molar-refractivity contribution in [3.8, 4) is 0 Å². The molecule has 2 nitrogen and oxygen atoms in total. The van der Waals surface area contributed by atoms with Gasteiger partial charge in [-0.15, -0.1) is 0 Å². The van der Waals surface area contributed by atoms with E-state index in [4.69, 9.17) is 0 Å². The van der Waals surface area contributed by atoms with Gasteiger partial charge in [0.1, 0.15) is 0 Å². The summed E-state index contributed by atoms with van der Waals surface area (Å²) in [4.78, 5) is 2.92. The van der Waals surface area contributed by atoms with Crippen LogP contribution in [0.1, 0.15) is 79.1 Å². The lowest BCUT2D eigenvalue weighted by Crippen LogP contribution is -2.52. The maximum absolute atomic E-state index is 3.77. The molecule has 1 saturated heterocycles. The van der Waals surface area contributed by atoms with Crippen LogP contribution in [0.25, 0.3) is 0 Å². The summed E-state index contributed by atoms with van der Waals surface area (Å²) in [6.45, 7) is 12.5. The lowest BCUT2D eigenvalue weighted by molar-refractivity contribution is 0.0150. The zero-order valence-corrected chi connectivity index (χ0v) is 14.8. The fourth-order valence-corrected chi connectivity index (χ4v) is 5.36. The Balaban J connectivity index is 1.67. The average molecular weight is 293 g/mol. The number of hydrogen-bond donors (Lipinski definition) is 1. The van der Waals surface area contributed by atoms with Gasteiger partial charge < -0.3 is 5.32 Å². The molecular weight excluding hydrogens is 256 g/mol. The number of nitrogens with zero attached hydrogens (tertiary/aromatic N) is 1. The van der Waals surface area contributed by atoms with Crippen molar-refractivity contribution >= 4 is 0 Å². The molecule has 1 aliphatic heterocycles. The van der Waals surface area contributed by atoms with Gasteiger partial charge in [0.15, 0.2) is 0 Å². The van der Waals surface area contributed by atoms with Crippen LogP contribution in [0.5, 0.6) is 0 Å². The maximum Gasteiger partial charge on any atom is 0.0195 e. The molecular formula is C19H36N2. The van der Waals surface area contributed by atoms with Gasteiger partial charge in [0.05, 0.1) is 0 Å². The van der Waals surface area contributed by atoms with Crippen molar-refractivity contribution in [1.29, 1.82) is 0 Å². The molecule has 0 bridgehead atoms. The first-order valence-electron chi connectivity index (χ1n) is 9.34. The molecule has 0 amide bonds. The molecule has 0 aromatic rings. The largest absolute Gasteiger partial charge is 0.313 e. The average Bonchev–Trinajstić information content (AvgIpc) is 3.17. The van der Waals surface area contributed by atoms with Gasteiger partial charge in [0.25, 0.3) is 0 Å². The molecule has 2 heteroatoms. The van der Waals surface area contributed by atoms with E-state index >= 15 is 0 Å². The SMILES string of the molecule is CC1(C)CC(N(CC2CCCCN2)C2CC2)CC(C)(C)C1. The van der Waals surface area contributed by atoms with Crippen molar-refractivity contribution in [2.45, 2.75) is 97.2 Å². The Labute approximate surface area is 132 Å². The van der Waals surface area contributed by atoms with Gasteiger partial charge in [-0.3, -0.25) is 4.90 Å². The minimum atomic E-state index is 0.513. The zero-order chi connectivity index (χ0) is 15.1. The Bertz CT molecular complexity index is 335. The van der Waals surface area contributed by atoms with Crippen molar-refractivity contribution < 1.29 is 0 Å². The van der Waals surface area contributed by atoms with Gasteiger partial charge in [-0.2, -0.15) is 0 Å². The van der Waals surface area contributed by atoms with Crippen LogP contribution in [-0.2, 0) is 0 Å². The van der Waals surface area contributed by atoms with E-state index in [-0.39, 0.29) is 0 Å². The highest BCUT2D eigenvalue weighted by Gasteiger charge is 2.44. The minimum absolute atomic E-state index is 0.513. The topological polar surface area (TPSA) is 15.3 Å². The Morgan fingerprint density at radius 1 is 0.905 bits per heavy atom. The second kappa shape index (κ2) is 5.85. The minimum Gasteiger partial charge on any atom is -0.313 e. The standard InChI is InChI=1S/C19H36N2/c1-18(2)11-17(12-19(3,4)14-18)21(16-8-9-16)13-15-7-5-6-10-20-15/h15-17,20H,5-14H2,1-4H3. The summed E-state index contributed by atoms with van der Waals surface area (Å²) in [6.07, 6.45) is 11.3. The number of piperidine rings is 1. The molecule has 1 atom stereocenters. The van der Waals surface area contributed by atoms with E-state index in [0.717, 1.165) is 18.1 Å². The van der Waals surface area contributed by atoms with Crippen LogP contribution in [0.2, 0.25) is 0 Å². The van der Waals surface area contributed by atoms with E-state index in [0.29, 0.717) is 10.8 Å². The summed E-state index contributed by atoms with van der Waals surface area (Å²) in [5.41, 5.74) is 1.03. The zero-order valence-electron chi connectivity index (χ0n) is 14.8. The maximum atomic E-state index is 3.77. The lowest BCUT2D eigenvalue weighted by atomic mass is 9.63. The molecule has 1 N–H and O–H groups in total. The van der Waals surface area contributed by atoms with Crippen LogP contribution in [0, 0.1) is 10.8 Å². The van der Waals surface area contributed by atoms with Crippen molar-refractivity contribution in [2.75, 3.05) is 13.1 Å². The van der Waals surface area contributed by atoms with Crippen LogP contribution in [0.4, 0.5) is 0 Å². The predicted octanol–water partition coefficient (Wildman–Crippen LogP) is 4.20. The second-order valence-corrected chi connectivity index (χ2v) is 9.64. The Morgan fingerprint density at radius 2 is 1.57 bits per heavy atom. The highest BCUT2D eigenvalue weighted by molar-refractivity contribution is 4.98. The predicted molar refractivity (Wildman–Crippen MR) is 90.6 cm³/mol. The molecule has 0 spiro atoms. The van der Waals surface area contributed by atoms with E-state index < -0.39 is 0 Å². The first kappa shape index (κ1) is 15.8. The van der Waals surface area contributed by atoms with Crippen molar-refractivity contribution in [2.24, 2.45) is 10.8 Å². The lowest BCUT2D eigenvalue weighted by Gasteiger charge is -2.49. The van der Waals surface area contributed by atoms with E-state index in [2.05, 4.69) is 37.9 Å². The molecule has 122 valence electrons. The first-order valence-corrected chi connectivity index (χ1v) is 9.34. The summed E-state index contributed by atoms with van der Waals surface area (Å²) in [6, 6.07) is 2.48. The van der Waals surface area contributed by atoms with E-state index in [9.17, 15) is 0 Å². The number of nitrogens with one attached hydrogen (secondary N) is 1. The van der Waals surface area contributed by atoms with Gasteiger partial charge in [0.2, 0.25) is 0 Å². The molecule has 2 aliphatic carbocycles. The summed E-state index contributed by atoms with van der Waals surface area (Å²) >= 11 is 0. The smallest absolute Gasteiger partial charge is 0.0195 e. The number of hydrogen-bond acceptors (Lipinski definition) is 2. The fourth-order valence-electron chi connectivity index (χ4n) is 5.36. The molecule has 0 radical (unpaired) electrons. The molecule has 21 heavy (non-hydrogen) atoms. The van der Waals surface area contributed by atoms with Crippen LogP contribution in [0.15, 0.2) is 0 Å². The van der Waals surface area contributed by atoms with E-state index in [1.165, 1.54) is 64.5 Å². The van der Waals surface area contributed by atoms with Crippen LogP contribution in [-0.4, -0.2) is 36.1 Å². The van der Waals surface area contributed by atoms with Crippen molar-refractivity contribution in [3.05, 3.63) is 0 Å². The van der Waals surface area contributed by atoms with E-state index in [1.54, 1.807) is 0 Å². The highest BCUT2D eigenvalue weighted by Crippen LogP contribution is 2.48. The van der Waals surface area contributed by atoms with Crippen LogP contribution in [0.3, 0.4) is 0 Å². The molecule has 1 heterocycles. The monoisotopic (exact) mass is 292 g/mol. The molecule has 3 rings (SSSR count). The fraction of sp³-hybridized carbons (Fsp3) is 1.00. The molecule has 1 unspecified atom stereocenters. The first-order chi connectivity index (χ1) is 9.85. The van der Waals surface area contributed by atoms with Crippen LogP contribution < -0.4 is 5.32 Å². The van der Waals surface area contributed by atoms with Gasteiger partial charge in [0, 0.05) is 24.7 Å². The third-order valence-electron chi connectivity index (χ3n) is 5.86. The number of rotatable bonds is 4. The van der Waals surface area contributed by atoms with Gasteiger partial charge >= 0.3 is 0 Å². The third kappa shape index (κ3) is 4.22. The Kier molecular flexibility index (Phi) is 4.40. The molecule has 3 aliphatic rings. The van der Waals surface area contributed by atoms with Gasteiger partial charge in [-0.25, -0.2) is 0 Å². The molecule has 2 saturated carbocycles. The van der Waals surface area contributed by atoms with Gasteiger partial charge in [-0.1, -0.05) is 34.1 Å². The summed E-state index contributed by atoms with van der Waals surface area (Å²) in [5, 5.41) is 3.77. The second-order valence-electron chi connectivity index (χ2n) is 9.64. The summed E-state index contributed by atoms with van der Waals surface area (Å²) in [5.74, 6) is 0. The molecule has 0 aromatic carbocycles. The molecule has 0 aromatic heterocycles. The Morgan fingerprint density at radius 3 is 2.10 bits per heavy atom. The summed E-state index contributed by atoms with van der Waals surface area (Å²) < 4.78 is 0. The quantitative estimate of drug-likeness (QED) is 0.835. The normalized spacial score (nSPS) is 33.3. The van der Waals surface area contributed by atoms with Gasteiger partial charge in [-0.05, 0) is 62.3 Å². The third-order valence-corrected chi connectivity index (χ3v) is 5.86. The van der Waals surface area contributed by atoms with E-state index in [1.807, 2.05) is 0 Å².